The predicted octanol–water partition coefficient (Wildman–Crippen LogP) is 3.07. The molecule has 0 aliphatic heterocycles. The molecule has 0 radical (unpaired) electrons. The molecule has 0 N–H and O–H groups in total. The summed E-state index contributed by atoms with van der Waals surface area (Å²) in [5, 5.41) is 0. The van der Waals surface area contributed by atoms with E-state index in [0.29, 0.717) is 12.0 Å². The zero-order valence-electron chi connectivity index (χ0n) is 8.30. The monoisotopic (exact) mass is 200 g/mol. The van der Waals surface area contributed by atoms with Gasteiger partial charge in [0.15, 0.2) is 0 Å². The molecule has 0 amide bonds. The second-order valence-electron chi connectivity index (χ2n) is 4.02. The van der Waals surface area contributed by atoms with Gasteiger partial charge in [-0.1, -0.05) is 25.3 Å². The van der Waals surface area contributed by atoms with E-state index in [9.17, 15) is 0 Å². The minimum Gasteiger partial charge on any atom is -0.377 e. The fourth-order valence-electron chi connectivity index (χ4n) is 2.01. The van der Waals surface area contributed by atoms with Crippen LogP contribution >= 0.6 is 12.6 Å². The minimum atomic E-state index is 0.365. The number of ether oxygens (including phenoxy) is 1. The van der Waals surface area contributed by atoms with Crippen LogP contribution in [-0.4, -0.2) is 19.0 Å². The normalized spacial score (nSPS) is 21.3. The lowest BCUT2D eigenvalue weighted by Gasteiger charge is -2.35. The van der Waals surface area contributed by atoms with Gasteiger partial charge in [0.25, 0.3) is 0 Å². The molecule has 0 aromatic heterocycles. The van der Waals surface area contributed by atoms with Gasteiger partial charge < -0.3 is 4.74 Å². The van der Waals surface area contributed by atoms with Crippen molar-refractivity contribution in [3.63, 3.8) is 0 Å². The SMILES string of the molecule is C=CCOCC1(CS)CCCCC1. The van der Waals surface area contributed by atoms with E-state index in [1.54, 1.807) is 0 Å². The molecule has 1 aliphatic rings. The Hall–Kier alpha value is 0.0500. The Morgan fingerprint density at radius 2 is 2.00 bits per heavy atom. The smallest absolute Gasteiger partial charge is 0.0645 e. The highest BCUT2D eigenvalue weighted by molar-refractivity contribution is 7.80. The maximum absolute atomic E-state index is 5.55. The van der Waals surface area contributed by atoms with Gasteiger partial charge in [-0.25, -0.2) is 0 Å². The summed E-state index contributed by atoms with van der Waals surface area (Å²) in [6, 6.07) is 0. The molecule has 0 heterocycles. The Labute approximate surface area is 87.0 Å². The van der Waals surface area contributed by atoms with Gasteiger partial charge in [0, 0.05) is 5.41 Å². The average Bonchev–Trinajstić information content (AvgIpc) is 2.20. The molecule has 1 nitrogen and oxygen atoms in total. The zero-order valence-corrected chi connectivity index (χ0v) is 9.19. The maximum Gasteiger partial charge on any atom is 0.0645 e. The molecule has 2 heteroatoms. The topological polar surface area (TPSA) is 9.23 Å². The van der Waals surface area contributed by atoms with E-state index in [1.165, 1.54) is 32.1 Å². The van der Waals surface area contributed by atoms with Gasteiger partial charge in [-0.3, -0.25) is 0 Å². The third-order valence-electron chi connectivity index (χ3n) is 2.89. The quantitative estimate of drug-likeness (QED) is 0.408. The first-order valence-electron chi connectivity index (χ1n) is 5.12. The van der Waals surface area contributed by atoms with Crippen molar-refractivity contribution < 1.29 is 4.74 Å². The summed E-state index contributed by atoms with van der Waals surface area (Å²) in [5.74, 6) is 0.962. The van der Waals surface area contributed by atoms with Gasteiger partial charge in [0.2, 0.25) is 0 Å². The van der Waals surface area contributed by atoms with E-state index < -0.39 is 0 Å². The van der Waals surface area contributed by atoms with Crippen LogP contribution in [0.3, 0.4) is 0 Å². The summed E-state index contributed by atoms with van der Waals surface area (Å²) in [7, 11) is 0. The summed E-state index contributed by atoms with van der Waals surface area (Å²) >= 11 is 4.45. The molecule has 0 spiro atoms. The van der Waals surface area contributed by atoms with Crippen molar-refractivity contribution in [3.05, 3.63) is 12.7 Å². The largest absolute Gasteiger partial charge is 0.377 e. The first kappa shape index (κ1) is 11.1. The molecule has 0 saturated heterocycles. The molecule has 0 unspecified atom stereocenters. The van der Waals surface area contributed by atoms with Gasteiger partial charge in [-0.2, -0.15) is 12.6 Å². The molecular formula is C11H20OS. The minimum absolute atomic E-state index is 0.365. The van der Waals surface area contributed by atoms with Gasteiger partial charge >= 0.3 is 0 Å². The van der Waals surface area contributed by atoms with Crippen molar-refractivity contribution in [2.24, 2.45) is 5.41 Å². The highest BCUT2D eigenvalue weighted by Crippen LogP contribution is 2.37. The molecule has 0 aromatic rings. The summed E-state index contributed by atoms with van der Waals surface area (Å²) in [6.07, 6.45) is 8.46. The highest BCUT2D eigenvalue weighted by atomic mass is 32.1. The summed E-state index contributed by atoms with van der Waals surface area (Å²) in [5.41, 5.74) is 0.365. The van der Waals surface area contributed by atoms with E-state index >= 15 is 0 Å². The lowest BCUT2D eigenvalue weighted by atomic mass is 9.76. The van der Waals surface area contributed by atoms with E-state index in [0.717, 1.165) is 12.4 Å². The number of thiol groups is 1. The fraction of sp³-hybridized carbons (Fsp3) is 0.818. The Morgan fingerprint density at radius 1 is 1.31 bits per heavy atom. The van der Waals surface area contributed by atoms with Crippen molar-refractivity contribution in [2.45, 2.75) is 32.1 Å². The van der Waals surface area contributed by atoms with Gasteiger partial charge in [-0.05, 0) is 18.6 Å². The van der Waals surface area contributed by atoms with Crippen LogP contribution in [0, 0.1) is 5.41 Å². The molecular weight excluding hydrogens is 180 g/mol. The second-order valence-corrected chi connectivity index (χ2v) is 4.34. The van der Waals surface area contributed by atoms with Crippen molar-refractivity contribution in [3.8, 4) is 0 Å². The van der Waals surface area contributed by atoms with Crippen LogP contribution in [0.5, 0.6) is 0 Å². The van der Waals surface area contributed by atoms with Crippen LogP contribution in [0.25, 0.3) is 0 Å². The molecule has 1 fully saturated rings. The lowest BCUT2D eigenvalue weighted by molar-refractivity contribution is 0.0488. The van der Waals surface area contributed by atoms with Crippen LogP contribution < -0.4 is 0 Å². The maximum atomic E-state index is 5.55. The highest BCUT2D eigenvalue weighted by Gasteiger charge is 2.30. The summed E-state index contributed by atoms with van der Waals surface area (Å²) in [4.78, 5) is 0. The zero-order chi connectivity index (χ0) is 9.57. The second kappa shape index (κ2) is 5.71. The van der Waals surface area contributed by atoms with Crippen LogP contribution in [0.4, 0.5) is 0 Å². The Kier molecular flexibility index (Phi) is 4.89. The molecule has 0 bridgehead atoms. The molecule has 76 valence electrons. The molecule has 1 rings (SSSR count). The third-order valence-corrected chi connectivity index (χ3v) is 3.56. The van der Waals surface area contributed by atoms with Gasteiger partial charge in [0.05, 0.1) is 13.2 Å². The van der Waals surface area contributed by atoms with Crippen molar-refractivity contribution in [1.29, 1.82) is 0 Å². The summed E-state index contributed by atoms with van der Waals surface area (Å²) in [6.45, 7) is 5.19. The van der Waals surface area contributed by atoms with Crippen LogP contribution in [0.2, 0.25) is 0 Å². The van der Waals surface area contributed by atoms with E-state index in [4.69, 9.17) is 4.74 Å². The van der Waals surface area contributed by atoms with Crippen molar-refractivity contribution in [2.75, 3.05) is 19.0 Å². The molecule has 0 atom stereocenters. The number of hydrogen-bond donors (Lipinski definition) is 1. The van der Waals surface area contributed by atoms with Gasteiger partial charge in [0.1, 0.15) is 0 Å². The third kappa shape index (κ3) is 3.35. The lowest BCUT2D eigenvalue weighted by Crippen LogP contribution is -2.31. The molecule has 13 heavy (non-hydrogen) atoms. The number of rotatable bonds is 5. The van der Waals surface area contributed by atoms with E-state index in [-0.39, 0.29) is 0 Å². The standard InChI is InChI=1S/C11H20OS/c1-2-8-12-9-11(10-13)6-4-3-5-7-11/h2,13H,1,3-10H2. The van der Waals surface area contributed by atoms with Crippen molar-refractivity contribution in [1.82, 2.24) is 0 Å². The molecule has 0 aromatic carbocycles. The van der Waals surface area contributed by atoms with Gasteiger partial charge in [-0.15, -0.1) is 6.58 Å². The number of hydrogen-bond acceptors (Lipinski definition) is 2. The van der Waals surface area contributed by atoms with Crippen molar-refractivity contribution >= 4 is 12.6 Å². The molecule has 1 aliphatic carbocycles. The first-order chi connectivity index (χ1) is 6.33. The van der Waals surface area contributed by atoms with Crippen LogP contribution in [0.15, 0.2) is 12.7 Å². The Bertz CT molecular complexity index is 150. The van der Waals surface area contributed by atoms with E-state index in [1.807, 2.05) is 6.08 Å². The first-order valence-corrected chi connectivity index (χ1v) is 5.76. The van der Waals surface area contributed by atoms with Crippen LogP contribution in [0.1, 0.15) is 32.1 Å². The summed E-state index contributed by atoms with van der Waals surface area (Å²) < 4.78 is 5.55. The Balaban J connectivity index is 2.33. The predicted molar refractivity (Wildman–Crippen MR) is 60.4 cm³/mol. The van der Waals surface area contributed by atoms with Crippen LogP contribution in [-0.2, 0) is 4.74 Å². The van der Waals surface area contributed by atoms with E-state index in [2.05, 4.69) is 19.2 Å². The molecule has 1 saturated carbocycles. The fourth-order valence-corrected chi connectivity index (χ4v) is 2.42. The average molecular weight is 200 g/mol. The Morgan fingerprint density at radius 3 is 2.54 bits per heavy atom.